The van der Waals surface area contributed by atoms with Gasteiger partial charge in [-0.1, -0.05) is 69.0 Å². The molecule has 0 saturated heterocycles. The lowest BCUT2D eigenvalue weighted by Crippen LogP contribution is -2.23. The number of thioether (sulfide) groups is 1. The summed E-state index contributed by atoms with van der Waals surface area (Å²) in [6.45, 7) is 2.98. The molecule has 1 aromatic rings. The van der Waals surface area contributed by atoms with Crippen LogP contribution in [0.15, 0.2) is 42.5 Å². The van der Waals surface area contributed by atoms with E-state index in [1.165, 1.54) is 37.7 Å². The van der Waals surface area contributed by atoms with Crippen molar-refractivity contribution in [1.82, 2.24) is 5.32 Å². The number of rotatable bonds is 13. The highest BCUT2D eigenvalue weighted by molar-refractivity contribution is 7.99. The van der Waals surface area contributed by atoms with Gasteiger partial charge in [0.25, 0.3) is 0 Å². The first-order chi connectivity index (χ1) is 11.3. The predicted molar refractivity (Wildman–Crippen MR) is 103 cm³/mol. The molecule has 0 bridgehead atoms. The highest BCUT2D eigenvalue weighted by Crippen LogP contribution is 2.06. The second kappa shape index (κ2) is 14.4. The van der Waals surface area contributed by atoms with Crippen LogP contribution in [0.5, 0.6) is 0 Å². The summed E-state index contributed by atoms with van der Waals surface area (Å²) >= 11 is 1.89. The fraction of sp³-hybridized carbons (Fsp3) is 0.550. The zero-order valence-electron chi connectivity index (χ0n) is 14.4. The van der Waals surface area contributed by atoms with Crippen LogP contribution in [-0.2, 0) is 11.2 Å². The van der Waals surface area contributed by atoms with E-state index in [0.29, 0.717) is 0 Å². The van der Waals surface area contributed by atoms with Crippen LogP contribution in [0.4, 0.5) is 0 Å². The van der Waals surface area contributed by atoms with E-state index in [4.69, 9.17) is 0 Å². The van der Waals surface area contributed by atoms with Gasteiger partial charge in [0.05, 0.1) is 0 Å². The zero-order chi connectivity index (χ0) is 16.6. The van der Waals surface area contributed by atoms with Gasteiger partial charge in [-0.2, -0.15) is 11.8 Å². The quantitative estimate of drug-likeness (QED) is 0.407. The van der Waals surface area contributed by atoms with Crippen molar-refractivity contribution < 1.29 is 4.79 Å². The van der Waals surface area contributed by atoms with E-state index >= 15 is 0 Å². The summed E-state index contributed by atoms with van der Waals surface area (Å²) in [5, 5.41) is 2.95. The van der Waals surface area contributed by atoms with Gasteiger partial charge in [-0.25, -0.2) is 0 Å². The third kappa shape index (κ3) is 11.9. The molecule has 3 heteroatoms. The molecular formula is C20H31NOS. The third-order valence-corrected chi connectivity index (χ3v) is 4.65. The Balaban J connectivity index is 1.91. The van der Waals surface area contributed by atoms with E-state index in [9.17, 15) is 4.79 Å². The Morgan fingerprint density at radius 1 is 1.09 bits per heavy atom. The molecular weight excluding hydrogens is 302 g/mol. The van der Waals surface area contributed by atoms with Crippen molar-refractivity contribution in [3.05, 3.63) is 48.0 Å². The van der Waals surface area contributed by atoms with Crippen molar-refractivity contribution in [2.24, 2.45) is 0 Å². The van der Waals surface area contributed by atoms with Gasteiger partial charge in [0, 0.05) is 12.3 Å². The van der Waals surface area contributed by atoms with Crippen LogP contribution in [0.2, 0.25) is 0 Å². The average Bonchev–Trinajstić information content (AvgIpc) is 2.58. The summed E-state index contributed by atoms with van der Waals surface area (Å²) in [6, 6.07) is 10.5. The molecule has 0 heterocycles. The van der Waals surface area contributed by atoms with Crippen LogP contribution in [0, 0.1) is 0 Å². The van der Waals surface area contributed by atoms with Crippen molar-refractivity contribution in [2.45, 2.75) is 51.9 Å². The van der Waals surface area contributed by atoms with Crippen LogP contribution in [-0.4, -0.2) is 24.0 Å². The highest BCUT2D eigenvalue weighted by atomic mass is 32.2. The fourth-order valence-electron chi connectivity index (χ4n) is 2.30. The van der Waals surface area contributed by atoms with E-state index in [1.807, 2.05) is 23.9 Å². The van der Waals surface area contributed by atoms with Crippen molar-refractivity contribution >= 4 is 17.7 Å². The van der Waals surface area contributed by atoms with Gasteiger partial charge >= 0.3 is 0 Å². The number of unbranched alkanes of at least 4 members (excludes halogenated alkanes) is 5. The SMILES string of the molecule is CCCCCCC/C=C/C(=O)NCCSCCc1ccccc1. The molecule has 0 radical (unpaired) electrons. The van der Waals surface area contributed by atoms with Gasteiger partial charge in [-0.05, 0) is 36.7 Å². The van der Waals surface area contributed by atoms with Gasteiger partial charge in [-0.15, -0.1) is 0 Å². The second-order valence-electron chi connectivity index (χ2n) is 5.74. The molecule has 0 saturated carbocycles. The molecule has 0 unspecified atom stereocenters. The van der Waals surface area contributed by atoms with Gasteiger partial charge in [0.2, 0.25) is 5.91 Å². The maximum absolute atomic E-state index is 11.6. The first-order valence-corrected chi connectivity index (χ1v) is 10.0. The van der Waals surface area contributed by atoms with E-state index in [2.05, 4.69) is 36.5 Å². The third-order valence-electron chi connectivity index (χ3n) is 3.67. The molecule has 0 fully saturated rings. The standard InChI is InChI=1S/C20H31NOS/c1-2-3-4-5-6-7-11-14-20(22)21-16-18-23-17-15-19-12-9-8-10-13-19/h8-14H,2-7,15-18H2,1H3,(H,21,22)/b14-11+. The second-order valence-corrected chi connectivity index (χ2v) is 6.97. The topological polar surface area (TPSA) is 29.1 Å². The number of carbonyl (C=O) groups is 1. The Bertz CT molecular complexity index is 431. The fourth-order valence-corrected chi connectivity index (χ4v) is 3.13. The predicted octanol–water partition coefficient (Wildman–Crippen LogP) is 5.00. The lowest BCUT2D eigenvalue weighted by atomic mass is 10.1. The molecule has 2 nitrogen and oxygen atoms in total. The molecule has 23 heavy (non-hydrogen) atoms. The number of nitrogens with one attached hydrogen (secondary N) is 1. The molecule has 0 aromatic heterocycles. The van der Waals surface area contributed by atoms with E-state index < -0.39 is 0 Å². The monoisotopic (exact) mass is 333 g/mol. The molecule has 0 spiro atoms. The summed E-state index contributed by atoms with van der Waals surface area (Å²) in [7, 11) is 0. The van der Waals surface area contributed by atoms with E-state index in [-0.39, 0.29) is 5.91 Å². The number of hydrogen-bond acceptors (Lipinski definition) is 2. The normalized spacial score (nSPS) is 11.0. The number of aryl methyl sites for hydroxylation is 1. The van der Waals surface area contributed by atoms with Gasteiger partial charge < -0.3 is 5.32 Å². The molecule has 1 rings (SSSR count). The van der Waals surface area contributed by atoms with Gasteiger partial charge in [0.1, 0.15) is 0 Å². The van der Waals surface area contributed by atoms with Crippen molar-refractivity contribution in [2.75, 3.05) is 18.1 Å². The summed E-state index contributed by atoms with van der Waals surface area (Å²) in [5.74, 6) is 2.12. The minimum Gasteiger partial charge on any atom is -0.352 e. The average molecular weight is 334 g/mol. The van der Waals surface area contributed by atoms with Crippen LogP contribution in [0.3, 0.4) is 0 Å². The number of amides is 1. The highest BCUT2D eigenvalue weighted by Gasteiger charge is 1.96. The zero-order valence-corrected chi connectivity index (χ0v) is 15.2. The maximum Gasteiger partial charge on any atom is 0.243 e. The molecule has 1 amide bonds. The van der Waals surface area contributed by atoms with Gasteiger partial charge in [0.15, 0.2) is 0 Å². The van der Waals surface area contributed by atoms with E-state index in [0.717, 1.165) is 30.9 Å². The van der Waals surface area contributed by atoms with Crippen molar-refractivity contribution in [3.63, 3.8) is 0 Å². The minimum absolute atomic E-state index is 0.0437. The Kier molecular flexibility index (Phi) is 12.4. The molecule has 1 aromatic carbocycles. The molecule has 128 valence electrons. The largest absolute Gasteiger partial charge is 0.352 e. The Morgan fingerprint density at radius 2 is 1.87 bits per heavy atom. The van der Waals surface area contributed by atoms with Crippen LogP contribution < -0.4 is 5.32 Å². The first kappa shape index (κ1) is 19.8. The smallest absolute Gasteiger partial charge is 0.243 e. The molecule has 1 N–H and O–H groups in total. The maximum atomic E-state index is 11.6. The summed E-state index contributed by atoms with van der Waals surface area (Å²) in [6.07, 6.45) is 12.2. The Hall–Kier alpha value is -1.22. The Morgan fingerprint density at radius 3 is 2.65 bits per heavy atom. The Labute approximate surface area is 146 Å². The van der Waals surface area contributed by atoms with Crippen molar-refractivity contribution in [1.29, 1.82) is 0 Å². The lowest BCUT2D eigenvalue weighted by molar-refractivity contribution is -0.116. The van der Waals surface area contributed by atoms with Crippen LogP contribution in [0.25, 0.3) is 0 Å². The molecule has 0 aliphatic rings. The first-order valence-electron chi connectivity index (χ1n) is 8.89. The minimum atomic E-state index is 0.0437. The molecule has 0 aliphatic carbocycles. The van der Waals surface area contributed by atoms with Crippen molar-refractivity contribution in [3.8, 4) is 0 Å². The van der Waals surface area contributed by atoms with Gasteiger partial charge in [-0.3, -0.25) is 4.79 Å². The number of allylic oxidation sites excluding steroid dienone is 1. The van der Waals surface area contributed by atoms with E-state index in [1.54, 1.807) is 6.08 Å². The summed E-state index contributed by atoms with van der Waals surface area (Å²) in [4.78, 5) is 11.6. The molecule has 0 aliphatic heterocycles. The number of carbonyl (C=O) groups excluding carboxylic acids is 1. The number of benzene rings is 1. The lowest BCUT2D eigenvalue weighted by Gasteiger charge is -2.03. The van der Waals surface area contributed by atoms with Crippen LogP contribution >= 0.6 is 11.8 Å². The summed E-state index contributed by atoms with van der Waals surface area (Å²) in [5.41, 5.74) is 1.38. The van der Waals surface area contributed by atoms with Crippen LogP contribution in [0.1, 0.15) is 51.0 Å². The number of hydrogen-bond donors (Lipinski definition) is 1. The molecule has 0 atom stereocenters. The summed E-state index contributed by atoms with van der Waals surface area (Å²) < 4.78 is 0.